The molecule has 1 aromatic heterocycles. The summed E-state index contributed by atoms with van der Waals surface area (Å²) in [6.45, 7) is 1.79. The van der Waals surface area contributed by atoms with Crippen LogP contribution in [0.3, 0.4) is 0 Å². The number of hydrogen-bond donors (Lipinski definition) is 2. The first kappa shape index (κ1) is 21.1. The molecule has 0 aliphatic heterocycles. The summed E-state index contributed by atoms with van der Waals surface area (Å²) in [7, 11) is -3.89. The lowest BCUT2D eigenvalue weighted by molar-refractivity contribution is -0.137. The summed E-state index contributed by atoms with van der Waals surface area (Å²) in [5, 5.41) is 0. The van der Waals surface area contributed by atoms with E-state index in [9.17, 15) is 21.6 Å². The van der Waals surface area contributed by atoms with Crippen LogP contribution >= 0.6 is 0 Å². The molecule has 5 nitrogen and oxygen atoms in total. The van der Waals surface area contributed by atoms with E-state index >= 15 is 0 Å². The molecule has 154 valence electrons. The zero-order valence-electron chi connectivity index (χ0n) is 15.6. The molecule has 2 N–H and O–H groups in total. The number of sulfonamides is 1. The third-order valence-electron chi connectivity index (χ3n) is 4.35. The monoisotopic (exact) mass is 423 g/mol. The second-order valence-electron chi connectivity index (χ2n) is 6.58. The summed E-state index contributed by atoms with van der Waals surface area (Å²) in [6.07, 6.45) is -2.49. The average Bonchev–Trinajstić information content (AvgIpc) is 3.16. The number of nitrogens with one attached hydrogen (secondary N) is 2. The van der Waals surface area contributed by atoms with Gasteiger partial charge in [0, 0.05) is 0 Å². The van der Waals surface area contributed by atoms with Crippen molar-refractivity contribution in [2.24, 2.45) is 0 Å². The van der Waals surface area contributed by atoms with Crippen molar-refractivity contribution in [1.29, 1.82) is 0 Å². The van der Waals surface area contributed by atoms with Gasteiger partial charge in [0.05, 0.1) is 29.2 Å². The number of benzene rings is 2. The zero-order chi connectivity index (χ0) is 21.1. The maximum absolute atomic E-state index is 12.9. The number of nitrogens with zero attached hydrogens (tertiary/aromatic N) is 1. The summed E-state index contributed by atoms with van der Waals surface area (Å²) in [4.78, 5) is 7.38. The Bertz CT molecular complexity index is 1060. The first-order chi connectivity index (χ1) is 13.7. The van der Waals surface area contributed by atoms with E-state index in [-0.39, 0.29) is 5.56 Å². The van der Waals surface area contributed by atoms with Gasteiger partial charge in [-0.1, -0.05) is 55.5 Å². The second-order valence-corrected chi connectivity index (χ2v) is 8.34. The molecular formula is C20H20F3N3O2S. The van der Waals surface area contributed by atoms with E-state index in [2.05, 4.69) is 14.7 Å². The number of H-pyrrole nitrogens is 1. The van der Waals surface area contributed by atoms with Gasteiger partial charge < -0.3 is 4.98 Å². The highest BCUT2D eigenvalue weighted by molar-refractivity contribution is 7.88. The van der Waals surface area contributed by atoms with Crippen molar-refractivity contribution in [1.82, 2.24) is 14.7 Å². The number of aromatic nitrogens is 2. The number of halogens is 3. The highest BCUT2D eigenvalue weighted by atomic mass is 32.2. The molecule has 0 spiro atoms. The van der Waals surface area contributed by atoms with Crippen molar-refractivity contribution in [2.45, 2.75) is 31.3 Å². The molecule has 0 amide bonds. The van der Waals surface area contributed by atoms with E-state index in [1.54, 1.807) is 13.1 Å². The Hall–Kier alpha value is -2.65. The van der Waals surface area contributed by atoms with E-state index in [4.69, 9.17) is 0 Å². The van der Waals surface area contributed by atoms with Crippen LogP contribution in [-0.2, 0) is 22.0 Å². The molecule has 0 aliphatic rings. The molecule has 0 saturated carbocycles. The Morgan fingerprint density at radius 2 is 1.83 bits per heavy atom. The van der Waals surface area contributed by atoms with Crippen LogP contribution in [0.25, 0.3) is 11.3 Å². The quantitative estimate of drug-likeness (QED) is 0.580. The van der Waals surface area contributed by atoms with E-state index in [0.717, 1.165) is 23.4 Å². The molecule has 1 heterocycles. The van der Waals surface area contributed by atoms with Crippen LogP contribution in [0.5, 0.6) is 0 Å². The fourth-order valence-corrected chi connectivity index (χ4v) is 4.34. The lowest BCUT2D eigenvalue weighted by Gasteiger charge is -2.15. The van der Waals surface area contributed by atoms with Gasteiger partial charge in [0.15, 0.2) is 0 Å². The molecule has 3 rings (SSSR count). The van der Waals surface area contributed by atoms with Crippen molar-refractivity contribution in [3.8, 4) is 11.3 Å². The molecule has 1 unspecified atom stereocenters. The second kappa shape index (κ2) is 8.38. The number of rotatable bonds is 7. The summed E-state index contributed by atoms with van der Waals surface area (Å²) in [5.74, 6) is -0.112. The molecule has 0 bridgehead atoms. The van der Waals surface area contributed by atoms with E-state index in [1.165, 1.54) is 12.1 Å². The number of hydrogen-bond acceptors (Lipinski definition) is 3. The summed E-state index contributed by atoms with van der Waals surface area (Å²) < 4.78 is 66.2. The molecule has 1 atom stereocenters. The number of imidazole rings is 1. The first-order valence-corrected chi connectivity index (χ1v) is 10.6. The van der Waals surface area contributed by atoms with Crippen LogP contribution in [0.1, 0.15) is 36.3 Å². The zero-order valence-corrected chi connectivity index (χ0v) is 16.4. The molecule has 9 heteroatoms. The van der Waals surface area contributed by atoms with Crippen LogP contribution in [-0.4, -0.2) is 18.4 Å². The van der Waals surface area contributed by atoms with Gasteiger partial charge in [-0.05, 0) is 23.6 Å². The van der Waals surface area contributed by atoms with Crippen LogP contribution in [0.4, 0.5) is 13.2 Å². The van der Waals surface area contributed by atoms with Gasteiger partial charge >= 0.3 is 6.18 Å². The van der Waals surface area contributed by atoms with Gasteiger partial charge in [-0.3, -0.25) is 0 Å². The van der Waals surface area contributed by atoms with Gasteiger partial charge in [-0.25, -0.2) is 18.1 Å². The van der Waals surface area contributed by atoms with Crippen LogP contribution in [0.15, 0.2) is 60.8 Å². The Morgan fingerprint density at radius 1 is 1.10 bits per heavy atom. The minimum absolute atomic E-state index is 0.0617. The Kier molecular flexibility index (Phi) is 6.09. The lowest BCUT2D eigenvalue weighted by Crippen LogP contribution is -2.30. The number of aromatic amines is 1. The standard InChI is InChI=1S/C20H20F3N3O2S/c1-2-17(19-24-12-18(25-19)15-8-4-3-5-9-15)26-29(27,28)13-14-7-6-10-16(11-14)20(21,22)23/h3-12,17,26H,2,13H2,1H3,(H,24,25). The first-order valence-electron chi connectivity index (χ1n) is 8.94. The van der Waals surface area contributed by atoms with E-state index in [1.807, 2.05) is 30.3 Å². The maximum atomic E-state index is 12.9. The largest absolute Gasteiger partial charge is 0.416 e. The lowest BCUT2D eigenvalue weighted by atomic mass is 10.1. The van der Waals surface area contributed by atoms with Crippen LogP contribution < -0.4 is 4.72 Å². The van der Waals surface area contributed by atoms with Crippen molar-refractivity contribution >= 4 is 10.0 Å². The van der Waals surface area contributed by atoms with Crippen molar-refractivity contribution in [2.75, 3.05) is 0 Å². The van der Waals surface area contributed by atoms with Gasteiger partial charge in [0.25, 0.3) is 0 Å². The highest BCUT2D eigenvalue weighted by Gasteiger charge is 2.31. The predicted molar refractivity (Wildman–Crippen MR) is 104 cm³/mol. The minimum atomic E-state index is -4.53. The third-order valence-corrected chi connectivity index (χ3v) is 5.71. The maximum Gasteiger partial charge on any atom is 0.416 e. The minimum Gasteiger partial charge on any atom is -0.341 e. The molecule has 2 aromatic carbocycles. The Labute approximate surface area is 167 Å². The van der Waals surface area contributed by atoms with Gasteiger partial charge in [-0.15, -0.1) is 0 Å². The molecule has 29 heavy (non-hydrogen) atoms. The molecule has 0 aliphatic carbocycles. The summed E-state index contributed by atoms with van der Waals surface area (Å²) >= 11 is 0. The molecule has 0 saturated heterocycles. The molecule has 0 fully saturated rings. The van der Waals surface area contributed by atoms with E-state index < -0.39 is 33.6 Å². The van der Waals surface area contributed by atoms with Crippen molar-refractivity contribution in [3.05, 3.63) is 77.7 Å². The van der Waals surface area contributed by atoms with Gasteiger partial charge in [0.2, 0.25) is 10.0 Å². The smallest absolute Gasteiger partial charge is 0.341 e. The predicted octanol–water partition coefficient (Wildman–Crippen LogP) is 4.67. The van der Waals surface area contributed by atoms with Crippen molar-refractivity contribution < 1.29 is 21.6 Å². The summed E-state index contributed by atoms with van der Waals surface area (Å²) in [5.41, 5.74) is 0.839. The number of alkyl halides is 3. The fraction of sp³-hybridized carbons (Fsp3) is 0.250. The normalized spacial score (nSPS) is 13.4. The topological polar surface area (TPSA) is 74.8 Å². The SMILES string of the molecule is CCC(NS(=O)(=O)Cc1cccc(C(F)(F)F)c1)c1ncc(-c2ccccc2)[nH]1. The Morgan fingerprint density at radius 3 is 2.48 bits per heavy atom. The average molecular weight is 423 g/mol. The molecular weight excluding hydrogens is 403 g/mol. The van der Waals surface area contributed by atoms with E-state index in [0.29, 0.717) is 12.2 Å². The fourth-order valence-electron chi connectivity index (χ4n) is 2.93. The Balaban J connectivity index is 1.76. The van der Waals surface area contributed by atoms with Crippen molar-refractivity contribution in [3.63, 3.8) is 0 Å². The highest BCUT2D eigenvalue weighted by Crippen LogP contribution is 2.30. The third kappa shape index (κ3) is 5.45. The molecule has 3 aromatic rings. The van der Waals surface area contributed by atoms with Gasteiger partial charge in [-0.2, -0.15) is 13.2 Å². The van der Waals surface area contributed by atoms with Crippen LogP contribution in [0.2, 0.25) is 0 Å². The van der Waals surface area contributed by atoms with Gasteiger partial charge in [0.1, 0.15) is 5.82 Å². The molecule has 0 radical (unpaired) electrons. The summed E-state index contributed by atoms with van der Waals surface area (Å²) in [6, 6.07) is 13.1. The van der Waals surface area contributed by atoms with Crippen LogP contribution in [0, 0.1) is 0 Å².